The van der Waals surface area contributed by atoms with E-state index in [0.717, 1.165) is 12.8 Å². The summed E-state index contributed by atoms with van der Waals surface area (Å²) in [4.78, 5) is 12.7. The molecule has 1 aromatic carbocycles. The standard InChI is InChI=1S/C18H27BrN2O3/c1-3-24-17-14(19)9-13(10-16(17)23-2)18(22)21-15(11-20)12-7-5-4-6-8-12/h9-10,12,15H,3-8,11,20H2,1-2H3,(H,21,22). The minimum absolute atomic E-state index is 0.0224. The molecule has 0 bridgehead atoms. The number of benzene rings is 1. The van der Waals surface area contributed by atoms with E-state index in [0.29, 0.717) is 40.6 Å². The monoisotopic (exact) mass is 398 g/mol. The lowest BCUT2D eigenvalue weighted by Gasteiger charge is -2.30. The highest BCUT2D eigenvalue weighted by molar-refractivity contribution is 9.10. The lowest BCUT2D eigenvalue weighted by atomic mass is 9.84. The van der Waals surface area contributed by atoms with Gasteiger partial charge in [0.15, 0.2) is 11.5 Å². The number of carbonyl (C=O) groups excluding carboxylic acids is 1. The van der Waals surface area contributed by atoms with Gasteiger partial charge in [0.1, 0.15) is 0 Å². The molecule has 1 unspecified atom stereocenters. The minimum atomic E-state index is -0.127. The molecule has 5 nitrogen and oxygen atoms in total. The zero-order chi connectivity index (χ0) is 17.5. The van der Waals surface area contributed by atoms with Crippen LogP contribution in [0.2, 0.25) is 0 Å². The van der Waals surface area contributed by atoms with Crippen molar-refractivity contribution in [2.24, 2.45) is 11.7 Å². The van der Waals surface area contributed by atoms with Gasteiger partial charge in [0.05, 0.1) is 18.2 Å². The smallest absolute Gasteiger partial charge is 0.251 e. The van der Waals surface area contributed by atoms with E-state index in [4.69, 9.17) is 15.2 Å². The average molecular weight is 399 g/mol. The lowest BCUT2D eigenvalue weighted by Crippen LogP contribution is -2.45. The van der Waals surface area contributed by atoms with Crippen LogP contribution in [-0.2, 0) is 0 Å². The predicted octanol–water partition coefficient (Wildman–Crippen LogP) is 3.49. The zero-order valence-electron chi connectivity index (χ0n) is 14.4. The Morgan fingerprint density at radius 2 is 2.08 bits per heavy atom. The fourth-order valence-electron chi connectivity index (χ4n) is 3.29. The number of rotatable bonds is 7. The molecule has 0 saturated heterocycles. The molecule has 0 heterocycles. The van der Waals surface area contributed by atoms with Crippen LogP contribution >= 0.6 is 15.9 Å². The maximum atomic E-state index is 12.7. The van der Waals surface area contributed by atoms with Crippen LogP contribution in [0.3, 0.4) is 0 Å². The van der Waals surface area contributed by atoms with Gasteiger partial charge in [-0.1, -0.05) is 19.3 Å². The van der Waals surface area contributed by atoms with Crippen molar-refractivity contribution in [3.8, 4) is 11.5 Å². The van der Waals surface area contributed by atoms with E-state index in [1.165, 1.54) is 19.3 Å². The fraction of sp³-hybridized carbons (Fsp3) is 0.611. The first-order valence-corrected chi connectivity index (χ1v) is 9.41. The molecule has 134 valence electrons. The maximum Gasteiger partial charge on any atom is 0.251 e. The van der Waals surface area contributed by atoms with Crippen LogP contribution in [-0.4, -0.2) is 32.2 Å². The van der Waals surface area contributed by atoms with Crippen LogP contribution in [0.15, 0.2) is 16.6 Å². The molecule has 1 aliphatic carbocycles. The molecule has 1 amide bonds. The van der Waals surface area contributed by atoms with E-state index in [1.54, 1.807) is 19.2 Å². The minimum Gasteiger partial charge on any atom is -0.493 e. The summed E-state index contributed by atoms with van der Waals surface area (Å²) in [6.07, 6.45) is 6.00. The first-order chi connectivity index (χ1) is 11.6. The number of hydrogen-bond donors (Lipinski definition) is 2. The first kappa shape index (κ1) is 19.1. The molecule has 2 rings (SSSR count). The highest BCUT2D eigenvalue weighted by Gasteiger charge is 2.25. The fourth-order valence-corrected chi connectivity index (χ4v) is 3.85. The molecule has 6 heteroatoms. The van der Waals surface area contributed by atoms with Crippen LogP contribution in [0.1, 0.15) is 49.4 Å². The SMILES string of the molecule is CCOc1c(Br)cc(C(=O)NC(CN)C2CCCCC2)cc1OC. The van der Waals surface area contributed by atoms with E-state index in [2.05, 4.69) is 21.2 Å². The van der Waals surface area contributed by atoms with Crippen molar-refractivity contribution in [1.29, 1.82) is 0 Å². The Balaban J connectivity index is 2.14. The molecule has 0 spiro atoms. The van der Waals surface area contributed by atoms with E-state index in [1.807, 2.05) is 6.92 Å². The highest BCUT2D eigenvalue weighted by atomic mass is 79.9. The van der Waals surface area contributed by atoms with Gasteiger partial charge < -0.3 is 20.5 Å². The molecule has 3 N–H and O–H groups in total. The van der Waals surface area contributed by atoms with Crippen molar-refractivity contribution >= 4 is 21.8 Å². The molecule has 0 aromatic heterocycles. The van der Waals surface area contributed by atoms with Crippen LogP contribution in [0, 0.1) is 5.92 Å². The Labute approximate surface area is 152 Å². The van der Waals surface area contributed by atoms with Crippen molar-refractivity contribution < 1.29 is 14.3 Å². The normalized spacial score (nSPS) is 16.5. The number of carbonyl (C=O) groups is 1. The number of ether oxygens (including phenoxy) is 2. The Bertz CT molecular complexity index is 559. The molecule has 0 radical (unpaired) electrons. The molecule has 1 aromatic rings. The highest BCUT2D eigenvalue weighted by Crippen LogP contribution is 2.36. The largest absolute Gasteiger partial charge is 0.493 e. The molecule has 1 saturated carbocycles. The molecule has 24 heavy (non-hydrogen) atoms. The summed E-state index contributed by atoms with van der Waals surface area (Å²) in [5.74, 6) is 1.50. The topological polar surface area (TPSA) is 73.6 Å². The molecule has 1 atom stereocenters. The summed E-state index contributed by atoms with van der Waals surface area (Å²) in [6.45, 7) is 2.89. The van der Waals surface area contributed by atoms with Gasteiger partial charge in [0.25, 0.3) is 5.91 Å². The third-order valence-corrected chi connectivity index (χ3v) is 5.16. The van der Waals surface area contributed by atoms with Crippen LogP contribution in [0.25, 0.3) is 0 Å². The van der Waals surface area contributed by atoms with E-state index in [9.17, 15) is 4.79 Å². The summed E-state index contributed by atoms with van der Waals surface area (Å²) in [5.41, 5.74) is 6.45. The molecular weight excluding hydrogens is 372 g/mol. The van der Waals surface area contributed by atoms with Gasteiger partial charge in [-0.3, -0.25) is 4.79 Å². The summed E-state index contributed by atoms with van der Waals surface area (Å²) >= 11 is 3.46. The third-order valence-electron chi connectivity index (χ3n) is 4.57. The van der Waals surface area contributed by atoms with E-state index in [-0.39, 0.29) is 11.9 Å². The zero-order valence-corrected chi connectivity index (χ0v) is 16.0. The quantitative estimate of drug-likeness (QED) is 0.736. The van der Waals surface area contributed by atoms with Crippen LogP contribution < -0.4 is 20.5 Å². The van der Waals surface area contributed by atoms with Crippen molar-refractivity contribution in [3.05, 3.63) is 22.2 Å². The van der Waals surface area contributed by atoms with Crippen molar-refractivity contribution in [1.82, 2.24) is 5.32 Å². The Kier molecular flexibility index (Phi) is 7.37. The van der Waals surface area contributed by atoms with Gasteiger partial charge in [-0.15, -0.1) is 0 Å². The number of nitrogens with two attached hydrogens (primary N) is 1. The van der Waals surface area contributed by atoms with E-state index < -0.39 is 0 Å². The average Bonchev–Trinajstić information content (AvgIpc) is 2.61. The second-order valence-electron chi connectivity index (χ2n) is 6.14. The number of hydrogen-bond acceptors (Lipinski definition) is 4. The molecule has 0 aliphatic heterocycles. The van der Waals surface area contributed by atoms with Gasteiger partial charge >= 0.3 is 0 Å². The Morgan fingerprint density at radius 3 is 2.67 bits per heavy atom. The van der Waals surface area contributed by atoms with Gasteiger partial charge in [-0.05, 0) is 53.7 Å². The van der Waals surface area contributed by atoms with Gasteiger partial charge in [0, 0.05) is 18.2 Å². The lowest BCUT2D eigenvalue weighted by molar-refractivity contribution is 0.0915. The molecular formula is C18H27BrN2O3. The number of nitrogens with one attached hydrogen (secondary N) is 1. The maximum absolute atomic E-state index is 12.7. The second kappa shape index (κ2) is 9.28. The van der Waals surface area contributed by atoms with Crippen molar-refractivity contribution in [3.63, 3.8) is 0 Å². The van der Waals surface area contributed by atoms with Crippen LogP contribution in [0.4, 0.5) is 0 Å². The van der Waals surface area contributed by atoms with Gasteiger partial charge in [0.2, 0.25) is 0 Å². The third kappa shape index (κ3) is 4.63. The summed E-state index contributed by atoms with van der Waals surface area (Å²) < 4.78 is 11.6. The number of amides is 1. The second-order valence-corrected chi connectivity index (χ2v) is 6.99. The first-order valence-electron chi connectivity index (χ1n) is 8.62. The van der Waals surface area contributed by atoms with Gasteiger partial charge in [-0.2, -0.15) is 0 Å². The Morgan fingerprint density at radius 1 is 1.38 bits per heavy atom. The number of methoxy groups -OCH3 is 1. The molecule has 1 aliphatic rings. The van der Waals surface area contributed by atoms with Crippen molar-refractivity contribution in [2.75, 3.05) is 20.3 Å². The predicted molar refractivity (Wildman–Crippen MR) is 98.7 cm³/mol. The Hall–Kier alpha value is -1.27. The molecule has 1 fully saturated rings. The number of halogens is 1. The van der Waals surface area contributed by atoms with Gasteiger partial charge in [-0.25, -0.2) is 0 Å². The summed E-state index contributed by atoms with van der Waals surface area (Å²) in [6, 6.07) is 3.49. The summed E-state index contributed by atoms with van der Waals surface area (Å²) in [5, 5.41) is 3.10. The summed E-state index contributed by atoms with van der Waals surface area (Å²) in [7, 11) is 1.57. The van der Waals surface area contributed by atoms with Crippen molar-refractivity contribution in [2.45, 2.75) is 45.1 Å². The van der Waals surface area contributed by atoms with E-state index >= 15 is 0 Å². The van der Waals surface area contributed by atoms with Crippen LogP contribution in [0.5, 0.6) is 11.5 Å².